The number of aliphatic hydroxyl groups is 1. The smallest absolute Gasteiger partial charge is 0.124 e. The lowest BCUT2D eigenvalue weighted by atomic mass is 10.2. The molecule has 7 heteroatoms. The van der Waals surface area contributed by atoms with Gasteiger partial charge < -0.3 is 20.5 Å². The third-order valence-electron chi connectivity index (χ3n) is 3.36. The highest BCUT2D eigenvalue weighted by Gasteiger charge is 2.03. The number of benzene rings is 2. The molecule has 25 heavy (non-hydrogen) atoms. The van der Waals surface area contributed by atoms with Crippen LogP contribution < -0.4 is 15.4 Å². The standard InChI is InChI=1S/C18H23ClN2O2.2ClH/c19-17-7-5-15(6-8-17)14-23-18-4-2-1-3-16(18)13-21-10-9-20-11-12-22;;/h1-8,20-22H,9-14H2;2*1H. The van der Waals surface area contributed by atoms with Crippen molar-refractivity contribution in [2.45, 2.75) is 13.2 Å². The van der Waals surface area contributed by atoms with Crippen molar-refractivity contribution in [1.82, 2.24) is 10.6 Å². The zero-order valence-electron chi connectivity index (χ0n) is 13.9. The number of ether oxygens (including phenoxy) is 1. The van der Waals surface area contributed by atoms with E-state index in [1.807, 2.05) is 42.5 Å². The van der Waals surface area contributed by atoms with Crippen molar-refractivity contribution in [3.8, 4) is 5.75 Å². The fourth-order valence-electron chi connectivity index (χ4n) is 2.14. The molecule has 0 aromatic heterocycles. The average Bonchev–Trinajstić information content (AvgIpc) is 2.58. The van der Waals surface area contributed by atoms with E-state index in [1.54, 1.807) is 0 Å². The average molecular weight is 408 g/mol. The number of rotatable bonds is 10. The highest BCUT2D eigenvalue weighted by molar-refractivity contribution is 6.30. The Balaban J connectivity index is 0.00000288. The van der Waals surface area contributed by atoms with Gasteiger partial charge in [0.25, 0.3) is 0 Å². The van der Waals surface area contributed by atoms with E-state index in [9.17, 15) is 0 Å². The molecule has 140 valence electrons. The molecule has 0 saturated heterocycles. The zero-order chi connectivity index (χ0) is 16.3. The van der Waals surface area contributed by atoms with Gasteiger partial charge in [-0.05, 0) is 23.8 Å². The minimum absolute atomic E-state index is 0. The molecule has 2 aromatic rings. The predicted octanol–water partition coefficient (Wildman–Crippen LogP) is 3.43. The first-order valence-corrected chi connectivity index (χ1v) is 8.15. The van der Waals surface area contributed by atoms with Crippen LogP contribution in [0.1, 0.15) is 11.1 Å². The first kappa shape index (κ1) is 24.0. The Kier molecular flexibility index (Phi) is 13.6. The monoisotopic (exact) mass is 406 g/mol. The minimum Gasteiger partial charge on any atom is -0.489 e. The third-order valence-corrected chi connectivity index (χ3v) is 3.61. The molecule has 0 aliphatic heterocycles. The SMILES string of the molecule is Cl.Cl.OCCNCCNCc1ccccc1OCc1ccc(Cl)cc1. The molecular formula is C18H25Cl3N2O2. The molecular weight excluding hydrogens is 383 g/mol. The van der Waals surface area contributed by atoms with E-state index in [-0.39, 0.29) is 31.4 Å². The number of nitrogens with one attached hydrogen (secondary N) is 2. The van der Waals surface area contributed by atoms with Crippen LogP contribution in [0.3, 0.4) is 0 Å². The highest BCUT2D eigenvalue weighted by Crippen LogP contribution is 2.19. The highest BCUT2D eigenvalue weighted by atomic mass is 35.5. The molecule has 0 atom stereocenters. The van der Waals surface area contributed by atoms with Gasteiger partial charge in [-0.3, -0.25) is 0 Å². The minimum atomic E-state index is 0. The van der Waals surface area contributed by atoms with Crippen molar-refractivity contribution in [2.24, 2.45) is 0 Å². The Morgan fingerprint density at radius 1 is 0.880 bits per heavy atom. The van der Waals surface area contributed by atoms with Crippen molar-refractivity contribution in [1.29, 1.82) is 0 Å². The van der Waals surface area contributed by atoms with Gasteiger partial charge in [0.15, 0.2) is 0 Å². The lowest BCUT2D eigenvalue weighted by Gasteiger charge is -2.12. The summed E-state index contributed by atoms with van der Waals surface area (Å²) in [7, 11) is 0. The quantitative estimate of drug-likeness (QED) is 0.528. The summed E-state index contributed by atoms with van der Waals surface area (Å²) in [4.78, 5) is 0. The first-order valence-electron chi connectivity index (χ1n) is 7.77. The van der Waals surface area contributed by atoms with E-state index in [4.69, 9.17) is 21.4 Å². The number of hydrogen-bond acceptors (Lipinski definition) is 4. The van der Waals surface area contributed by atoms with Crippen LogP contribution >= 0.6 is 36.4 Å². The second-order valence-electron chi connectivity index (χ2n) is 5.17. The van der Waals surface area contributed by atoms with Crippen molar-refractivity contribution in [3.63, 3.8) is 0 Å². The first-order chi connectivity index (χ1) is 11.3. The molecule has 3 N–H and O–H groups in total. The predicted molar refractivity (Wildman–Crippen MR) is 108 cm³/mol. The van der Waals surface area contributed by atoms with Gasteiger partial charge in [-0.1, -0.05) is 41.9 Å². The Morgan fingerprint density at radius 3 is 2.28 bits per heavy atom. The Bertz CT molecular complexity index is 583. The fourth-order valence-corrected chi connectivity index (χ4v) is 2.26. The molecule has 4 nitrogen and oxygen atoms in total. The summed E-state index contributed by atoms with van der Waals surface area (Å²) in [5.74, 6) is 0.887. The molecule has 2 rings (SSSR count). The van der Waals surface area contributed by atoms with E-state index in [1.165, 1.54) is 0 Å². The molecule has 0 aliphatic rings. The summed E-state index contributed by atoms with van der Waals surface area (Å²) < 4.78 is 5.93. The summed E-state index contributed by atoms with van der Waals surface area (Å²) in [6.45, 7) is 3.73. The Labute approximate surface area is 166 Å². The third kappa shape index (κ3) is 9.31. The molecule has 0 bridgehead atoms. The van der Waals surface area contributed by atoms with Crippen LogP contribution in [0.25, 0.3) is 0 Å². The second-order valence-corrected chi connectivity index (χ2v) is 5.61. The summed E-state index contributed by atoms with van der Waals surface area (Å²) in [5.41, 5.74) is 2.22. The normalized spacial score (nSPS) is 9.84. The molecule has 0 radical (unpaired) electrons. The largest absolute Gasteiger partial charge is 0.489 e. The molecule has 0 amide bonds. The molecule has 0 unspecified atom stereocenters. The van der Waals surface area contributed by atoms with E-state index >= 15 is 0 Å². The van der Waals surface area contributed by atoms with Gasteiger partial charge in [0.1, 0.15) is 12.4 Å². The number of halogens is 3. The van der Waals surface area contributed by atoms with Crippen LogP contribution in [0.2, 0.25) is 5.02 Å². The molecule has 0 saturated carbocycles. The molecule has 0 aliphatic carbocycles. The van der Waals surface area contributed by atoms with E-state index in [0.717, 1.165) is 41.5 Å². The van der Waals surface area contributed by atoms with Gasteiger partial charge in [-0.25, -0.2) is 0 Å². The van der Waals surface area contributed by atoms with Gasteiger partial charge in [0.05, 0.1) is 6.61 Å². The molecule has 0 fully saturated rings. The van der Waals surface area contributed by atoms with Crippen LogP contribution in [0, 0.1) is 0 Å². The van der Waals surface area contributed by atoms with Crippen molar-refractivity contribution in [3.05, 3.63) is 64.7 Å². The van der Waals surface area contributed by atoms with E-state index in [2.05, 4.69) is 16.7 Å². The van der Waals surface area contributed by atoms with Gasteiger partial charge in [0.2, 0.25) is 0 Å². The van der Waals surface area contributed by atoms with Crippen LogP contribution in [0.5, 0.6) is 5.75 Å². The maximum Gasteiger partial charge on any atom is 0.124 e. The summed E-state index contributed by atoms with van der Waals surface area (Å²) >= 11 is 5.89. The van der Waals surface area contributed by atoms with Gasteiger partial charge in [0, 0.05) is 36.8 Å². The van der Waals surface area contributed by atoms with Crippen LogP contribution in [0.15, 0.2) is 48.5 Å². The molecule has 0 heterocycles. The maximum absolute atomic E-state index is 8.70. The number of aliphatic hydroxyl groups excluding tert-OH is 1. The molecule has 0 spiro atoms. The zero-order valence-corrected chi connectivity index (χ0v) is 16.3. The number of hydrogen-bond donors (Lipinski definition) is 3. The Morgan fingerprint density at radius 2 is 1.56 bits per heavy atom. The van der Waals surface area contributed by atoms with Crippen molar-refractivity contribution in [2.75, 3.05) is 26.2 Å². The van der Waals surface area contributed by atoms with Crippen LogP contribution in [0.4, 0.5) is 0 Å². The van der Waals surface area contributed by atoms with Crippen LogP contribution in [-0.4, -0.2) is 31.3 Å². The lowest BCUT2D eigenvalue weighted by Crippen LogP contribution is -2.28. The summed E-state index contributed by atoms with van der Waals surface area (Å²) in [6.07, 6.45) is 0. The van der Waals surface area contributed by atoms with Crippen molar-refractivity contribution < 1.29 is 9.84 Å². The maximum atomic E-state index is 8.70. The van der Waals surface area contributed by atoms with Crippen LogP contribution in [-0.2, 0) is 13.2 Å². The summed E-state index contributed by atoms with van der Waals surface area (Å²) in [5, 5.41) is 15.9. The lowest BCUT2D eigenvalue weighted by molar-refractivity contribution is 0.292. The van der Waals surface area contributed by atoms with Crippen molar-refractivity contribution >= 4 is 36.4 Å². The summed E-state index contributed by atoms with van der Waals surface area (Å²) in [6, 6.07) is 15.7. The van der Waals surface area contributed by atoms with E-state index < -0.39 is 0 Å². The van der Waals surface area contributed by atoms with Gasteiger partial charge >= 0.3 is 0 Å². The topological polar surface area (TPSA) is 53.5 Å². The fraction of sp³-hybridized carbons (Fsp3) is 0.333. The Hall–Kier alpha value is -1.01. The van der Waals surface area contributed by atoms with Gasteiger partial charge in [-0.2, -0.15) is 0 Å². The van der Waals surface area contributed by atoms with Gasteiger partial charge in [-0.15, -0.1) is 24.8 Å². The second kappa shape index (κ2) is 14.2. The van der Waals surface area contributed by atoms with E-state index in [0.29, 0.717) is 13.2 Å². The molecule has 2 aromatic carbocycles. The number of para-hydroxylation sites is 1.